The smallest absolute Gasteiger partial charge is 0.255 e. The third kappa shape index (κ3) is 4.37. The second kappa shape index (κ2) is 9.10. The Morgan fingerprint density at radius 2 is 2.00 bits per heavy atom. The summed E-state index contributed by atoms with van der Waals surface area (Å²) >= 11 is 12.1. The number of nitrogens with two attached hydrogens (primary N) is 1. The first-order chi connectivity index (χ1) is 15.3. The number of imide groups is 1. The lowest BCUT2D eigenvalue weighted by Gasteiger charge is -2.29. The van der Waals surface area contributed by atoms with Crippen molar-refractivity contribution in [3.63, 3.8) is 0 Å². The van der Waals surface area contributed by atoms with Crippen LogP contribution in [0.4, 0.5) is 5.69 Å². The Labute approximate surface area is 194 Å². The molecule has 10 heteroatoms. The van der Waals surface area contributed by atoms with Crippen molar-refractivity contribution in [3.05, 3.63) is 69.5 Å². The van der Waals surface area contributed by atoms with Crippen LogP contribution in [0, 0.1) is 0 Å². The normalized spacial score (nSPS) is 18.4. The maximum Gasteiger partial charge on any atom is 0.255 e. The molecule has 166 valence electrons. The number of ether oxygens (including phenoxy) is 1. The zero-order chi connectivity index (χ0) is 22.8. The number of halogens is 2. The van der Waals surface area contributed by atoms with Crippen LogP contribution in [0.5, 0.6) is 5.75 Å². The predicted molar refractivity (Wildman–Crippen MR) is 120 cm³/mol. The summed E-state index contributed by atoms with van der Waals surface area (Å²) in [4.78, 5) is 38.0. The minimum absolute atomic E-state index is 0.0637. The number of hydrogen-bond donors (Lipinski definition) is 3. The van der Waals surface area contributed by atoms with E-state index >= 15 is 0 Å². The average molecular weight is 475 g/mol. The molecule has 1 atom stereocenters. The molecule has 3 amide bonds. The number of fused-ring (bicyclic) bond motifs is 1. The van der Waals surface area contributed by atoms with Crippen LogP contribution in [0.15, 0.2) is 48.3 Å². The van der Waals surface area contributed by atoms with Gasteiger partial charge in [0.05, 0.1) is 28.0 Å². The predicted octanol–water partition coefficient (Wildman–Crippen LogP) is 3.05. The summed E-state index contributed by atoms with van der Waals surface area (Å²) in [5.74, 6) is -0.541. The summed E-state index contributed by atoms with van der Waals surface area (Å²) in [5.41, 5.74) is 8.19. The molecular formula is C22H20Cl2N4O4. The molecular weight excluding hydrogens is 455 g/mol. The lowest BCUT2D eigenvalue weighted by Crippen LogP contribution is -2.52. The molecule has 0 saturated carbocycles. The van der Waals surface area contributed by atoms with Crippen LogP contribution >= 0.6 is 23.2 Å². The SMILES string of the molecule is N/C(=C\Nc1cccc(Cl)c1Cl)COc1cccc2c1CN(C1CCC(=O)NC1=O)C2=O. The Hall–Kier alpha value is -3.23. The second-order valence-electron chi connectivity index (χ2n) is 7.44. The van der Waals surface area contributed by atoms with Gasteiger partial charge in [-0.15, -0.1) is 0 Å². The number of rotatable bonds is 6. The van der Waals surface area contributed by atoms with Crippen LogP contribution in [-0.4, -0.2) is 35.3 Å². The van der Waals surface area contributed by atoms with Gasteiger partial charge >= 0.3 is 0 Å². The number of piperidine rings is 1. The molecule has 2 aliphatic heterocycles. The van der Waals surface area contributed by atoms with Gasteiger partial charge in [-0.3, -0.25) is 19.7 Å². The molecule has 0 radical (unpaired) electrons. The van der Waals surface area contributed by atoms with Crippen molar-refractivity contribution >= 4 is 46.6 Å². The molecule has 0 aromatic heterocycles. The van der Waals surface area contributed by atoms with E-state index in [1.165, 1.54) is 4.90 Å². The third-order valence-corrected chi connectivity index (χ3v) is 6.12. The molecule has 1 unspecified atom stereocenters. The quantitative estimate of drug-likeness (QED) is 0.554. The fourth-order valence-corrected chi connectivity index (χ4v) is 4.04. The standard InChI is InChI=1S/C22H20Cl2N4O4/c23-15-4-2-5-16(20(15)24)26-9-12(25)11-32-18-6-1-3-13-14(18)10-28(22(13)31)17-7-8-19(29)27-21(17)30/h1-6,9,17,26H,7-8,10-11,25H2,(H,27,29,30)/b12-9-. The minimum atomic E-state index is -0.683. The molecule has 0 aliphatic carbocycles. The molecule has 4 rings (SSSR count). The third-order valence-electron chi connectivity index (χ3n) is 5.30. The van der Waals surface area contributed by atoms with E-state index in [2.05, 4.69) is 10.6 Å². The number of carbonyl (C=O) groups is 3. The van der Waals surface area contributed by atoms with E-state index in [0.29, 0.717) is 44.7 Å². The molecule has 2 aromatic rings. The van der Waals surface area contributed by atoms with E-state index < -0.39 is 11.9 Å². The Morgan fingerprint density at radius 1 is 1.22 bits per heavy atom. The van der Waals surface area contributed by atoms with Gasteiger partial charge in [-0.25, -0.2) is 0 Å². The summed E-state index contributed by atoms with van der Waals surface area (Å²) in [5, 5.41) is 6.08. The van der Waals surface area contributed by atoms with Gasteiger partial charge in [-0.2, -0.15) is 0 Å². The summed E-state index contributed by atoms with van der Waals surface area (Å²) in [7, 11) is 0. The minimum Gasteiger partial charge on any atom is -0.487 e. The van der Waals surface area contributed by atoms with Crippen LogP contribution in [-0.2, 0) is 16.1 Å². The maximum absolute atomic E-state index is 12.9. The van der Waals surface area contributed by atoms with Gasteiger partial charge in [0.25, 0.3) is 5.91 Å². The lowest BCUT2D eigenvalue weighted by molar-refractivity contribution is -0.136. The van der Waals surface area contributed by atoms with E-state index in [-0.39, 0.29) is 31.4 Å². The Kier molecular flexibility index (Phi) is 6.25. The van der Waals surface area contributed by atoms with Crippen molar-refractivity contribution in [1.82, 2.24) is 10.2 Å². The molecule has 2 aromatic carbocycles. The number of anilines is 1. The Bertz CT molecular complexity index is 1130. The zero-order valence-corrected chi connectivity index (χ0v) is 18.4. The van der Waals surface area contributed by atoms with E-state index in [0.717, 1.165) is 0 Å². The average Bonchev–Trinajstić information content (AvgIpc) is 3.10. The number of amides is 3. The van der Waals surface area contributed by atoms with E-state index in [1.807, 2.05) is 0 Å². The highest BCUT2D eigenvalue weighted by Crippen LogP contribution is 2.34. The molecule has 2 heterocycles. The fourth-order valence-electron chi connectivity index (χ4n) is 3.68. The summed E-state index contributed by atoms with van der Waals surface area (Å²) in [6.45, 7) is 0.283. The largest absolute Gasteiger partial charge is 0.487 e. The molecule has 8 nitrogen and oxygen atoms in total. The highest BCUT2D eigenvalue weighted by Gasteiger charge is 2.40. The van der Waals surface area contributed by atoms with E-state index in [9.17, 15) is 14.4 Å². The second-order valence-corrected chi connectivity index (χ2v) is 8.22. The van der Waals surface area contributed by atoms with Crippen LogP contribution < -0.4 is 21.1 Å². The monoisotopic (exact) mass is 474 g/mol. The highest BCUT2D eigenvalue weighted by atomic mass is 35.5. The number of benzene rings is 2. The van der Waals surface area contributed by atoms with Crippen molar-refractivity contribution in [1.29, 1.82) is 0 Å². The number of hydrogen-bond acceptors (Lipinski definition) is 6. The van der Waals surface area contributed by atoms with Gasteiger partial charge in [0, 0.05) is 23.7 Å². The van der Waals surface area contributed by atoms with Gasteiger partial charge < -0.3 is 20.7 Å². The Balaban J connectivity index is 1.44. The molecule has 0 bridgehead atoms. The first kappa shape index (κ1) is 22.0. The fraction of sp³-hybridized carbons (Fsp3) is 0.227. The first-order valence-corrected chi connectivity index (χ1v) is 10.6. The summed E-state index contributed by atoms with van der Waals surface area (Å²) < 4.78 is 5.86. The van der Waals surface area contributed by atoms with Gasteiger partial charge in [-0.1, -0.05) is 35.3 Å². The van der Waals surface area contributed by atoms with Crippen molar-refractivity contribution in [3.8, 4) is 5.75 Å². The summed E-state index contributed by atoms with van der Waals surface area (Å²) in [6, 6.07) is 9.67. The number of carbonyl (C=O) groups excluding carboxylic acids is 3. The zero-order valence-electron chi connectivity index (χ0n) is 16.9. The number of nitrogens with zero attached hydrogens (tertiary/aromatic N) is 1. The van der Waals surface area contributed by atoms with Crippen molar-refractivity contribution < 1.29 is 19.1 Å². The van der Waals surface area contributed by atoms with Crippen molar-refractivity contribution in [2.45, 2.75) is 25.4 Å². The van der Waals surface area contributed by atoms with Gasteiger partial charge in [0.1, 0.15) is 18.4 Å². The topological polar surface area (TPSA) is 114 Å². The molecule has 1 fully saturated rings. The highest BCUT2D eigenvalue weighted by molar-refractivity contribution is 6.43. The van der Waals surface area contributed by atoms with Crippen LogP contribution in [0.25, 0.3) is 0 Å². The molecule has 32 heavy (non-hydrogen) atoms. The maximum atomic E-state index is 12.9. The van der Waals surface area contributed by atoms with Gasteiger partial charge in [0.15, 0.2) is 0 Å². The lowest BCUT2D eigenvalue weighted by atomic mass is 10.0. The molecule has 4 N–H and O–H groups in total. The molecule has 0 spiro atoms. The van der Waals surface area contributed by atoms with E-state index in [1.54, 1.807) is 42.6 Å². The van der Waals surface area contributed by atoms with Crippen LogP contribution in [0.3, 0.4) is 0 Å². The number of nitrogens with one attached hydrogen (secondary N) is 2. The summed E-state index contributed by atoms with van der Waals surface area (Å²) in [6.07, 6.45) is 2.06. The van der Waals surface area contributed by atoms with Gasteiger partial charge in [0.2, 0.25) is 11.8 Å². The van der Waals surface area contributed by atoms with Gasteiger partial charge in [-0.05, 0) is 30.7 Å². The van der Waals surface area contributed by atoms with Crippen LogP contribution in [0.1, 0.15) is 28.8 Å². The van der Waals surface area contributed by atoms with E-state index in [4.69, 9.17) is 33.7 Å². The van der Waals surface area contributed by atoms with Crippen LogP contribution in [0.2, 0.25) is 10.0 Å². The Morgan fingerprint density at radius 3 is 2.78 bits per heavy atom. The van der Waals surface area contributed by atoms with Crippen molar-refractivity contribution in [2.75, 3.05) is 11.9 Å². The van der Waals surface area contributed by atoms with Crippen molar-refractivity contribution in [2.24, 2.45) is 5.73 Å². The molecule has 2 aliphatic rings. The molecule has 1 saturated heterocycles. The first-order valence-electron chi connectivity index (χ1n) is 9.89.